The fourth-order valence-corrected chi connectivity index (χ4v) is 3.82. The molecule has 1 fully saturated rings. The van der Waals surface area contributed by atoms with Gasteiger partial charge in [0.2, 0.25) is 0 Å². The van der Waals surface area contributed by atoms with Crippen molar-refractivity contribution in [2.45, 2.75) is 18.9 Å². The maximum Gasteiger partial charge on any atom is 0.0330 e. The topological polar surface area (TPSA) is 38.0 Å². The van der Waals surface area contributed by atoms with E-state index in [-0.39, 0.29) is 6.04 Å². The lowest BCUT2D eigenvalue weighted by Gasteiger charge is -2.29. The zero-order valence-corrected chi connectivity index (χ0v) is 12.8. The second kappa shape index (κ2) is 5.71. The normalized spacial score (nSPS) is 17.9. The molecule has 3 N–H and O–H groups in total. The van der Waals surface area contributed by atoms with Crippen LogP contribution in [0.4, 0.5) is 0 Å². The van der Waals surface area contributed by atoms with Crippen LogP contribution in [0, 0.1) is 5.92 Å². The smallest absolute Gasteiger partial charge is 0.0330 e. The molecule has 0 bridgehead atoms. The Labute approximate surface area is 131 Å². The molecule has 1 aliphatic rings. The van der Waals surface area contributed by atoms with Crippen molar-refractivity contribution in [1.82, 2.24) is 5.32 Å². The van der Waals surface area contributed by atoms with E-state index >= 15 is 0 Å². The standard InChI is InChI=1S/C20H22N2/c21-20(14-9-11-22-12-10-14)19-13-15-5-1-2-6-16(15)17-7-3-4-8-18(17)19/h1-8,13-14,20,22H,9-12,21H2/t20-/m1/s1. The largest absolute Gasteiger partial charge is 0.324 e. The van der Waals surface area contributed by atoms with Gasteiger partial charge in [-0.2, -0.15) is 0 Å². The third-order valence-corrected chi connectivity index (χ3v) is 5.05. The summed E-state index contributed by atoms with van der Waals surface area (Å²) < 4.78 is 0. The highest BCUT2D eigenvalue weighted by atomic mass is 14.9. The van der Waals surface area contributed by atoms with Crippen molar-refractivity contribution < 1.29 is 0 Å². The minimum atomic E-state index is 0.122. The summed E-state index contributed by atoms with van der Waals surface area (Å²) in [5.74, 6) is 0.575. The number of hydrogen-bond acceptors (Lipinski definition) is 2. The Morgan fingerprint density at radius 2 is 1.50 bits per heavy atom. The maximum atomic E-state index is 6.70. The van der Waals surface area contributed by atoms with E-state index in [1.807, 2.05) is 0 Å². The molecule has 2 nitrogen and oxygen atoms in total. The van der Waals surface area contributed by atoms with Crippen LogP contribution in [0.3, 0.4) is 0 Å². The van der Waals surface area contributed by atoms with Gasteiger partial charge in [-0.15, -0.1) is 0 Å². The molecule has 0 aliphatic carbocycles. The number of hydrogen-bond donors (Lipinski definition) is 2. The molecule has 1 heterocycles. The fourth-order valence-electron chi connectivity index (χ4n) is 3.82. The van der Waals surface area contributed by atoms with E-state index in [0.717, 1.165) is 13.1 Å². The Balaban J connectivity index is 1.91. The molecule has 0 amide bonds. The fraction of sp³-hybridized carbons (Fsp3) is 0.300. The molecule has 1 aliphatic heterocycles. The van der Waals surface area contributed by atoms with E-state index in [0.29, 0.717) is 5.92 Å². The van der Waals surface area contributed by atoms with Crippen molar-refractivity contribution in [2.75, 3.05) is 13.1 Å². The first-order valence-electron chi connectivity index (χ1n) is 8.21. The number of fused-ring (bicyclic) bond motifs is 3. The molecule has 112 valence electrons. The van der Waals surface area contributed by atoms with Crippen LogP contribution in [0.1, 0.15) is 24.4 Å². The maximum absolute atomic E-state index is 6.70. The van der Waals surface area contributed by atoms with Crippen LogP contribution >= 0.6 is 0 Å². The van der Waals surface area contributed by atoms with Gasteiger partial charge in [0.15, 0.2) is 0 Å². The first-order valence-corrected chi connectivity index (χ1v) is 8.21. The van der Waals surface area contributed by atoms with E-state index in [9.17, 15) is 0 Å². The first kappa shape index (κ1) is 13.7. The van der Waals surface area contributed by atoms with Gasteiger partial charge in [0, 0.05) is 6.04 Å². The van der Waals surface area contributed by atoms with Crippen LogP contribution in [-0.2, 0) is 0 Å². The average Bonchev–Trinajstić information content (AvgIpc) is 2.61. The van der Waals surface area contributed by atoms with Gasteiger partial charge in [-0.3, -0.25) is 0 Å². The molecule has 4 rings (SSSR count). The van der Waals surface area contributed by atoms with Crippen molar-refractivity contribution in [1.29, 1.82) is 0 Å². The summed E-state index contributed by atoms with van der Waals surface area (Å²) >= 11 is 0. The Hall–Kier alpha value is -1.90. The van der Waals surface area contributed by atoms with E-state index in [1.165, 1.54) is 39.9 Å². The third-order valence-electron chi connectivity index (χ3n) is 5.05. The molecule has 1 atom stereocenters. The van der Waals surface area contributed by atoms with E-state index in [4.69, 9.17) is 5.73 Å². The zero-order chi connectivity index (χ0) is 14.9. The molecule has 0 aromatic heterocycles. The highest BCUT2D eigenvalue weighted by molar-refractivity contribution is 6.09. The number of benzene rings is 3. The molecule has 0 unspecified atom stereocenters. The van der Waals surface area contributed by atoms with Gasteiger partial charge in [-0.25, -0.2) is 0 Å². The quantitative estimate of drug-likeness (QED) is 0.700. The number of nitrogens with one attached hydrogen (secondary N) is 1. The predicted octanol–water partition coefficient (Wildman–Crippen LogP) is 3.99. The molecule has 0 spiro atoms. The summed E-state index contributed by atoms with van der Waals surface area (Å²) in [7, 11) is 0. The molecule has 22 heavy (non-hydrogen) atoms. The molecule has 3 aromatic rings. The molecular formula is C20H22N2. The molecule has 2 heteroatoms. The SMILES string of the molecule is N[C@@H](c1cc2ccccc2c2ccccc12)C1CCNCC1. The summed E-state index contributed by atoms with van der Waals surface area (Å²) in [4.78, 5) is 0. The van der Waals surface area contributed by atoms with Crippen LogP contribution in [0.25, 0.3) is 21.5 Å². The van der Waals surface area contributed by atoms with Gasteiger partial charge in [0.25, 0.3) is 0 Å². The molecule has 3 aromatic carbocycles. The highest BCUT2D eigenvalue weighted by Gasteiger charge is 2.23. The number of nitrogens with two attached hydrogens (primary N) is 1. The van der Waals surface area contributed by atoms with Crippen LogP contribution in [-0.4, -0.2) is 13.1 Å². The minimum Gasteiger partial charge on any atom is -0.324 e. The summed E-state index contributed by atoms with van der Waals surface area (Å²) in [5, 5.41) is 8.68. The van der Waals surface area contributed by atoms with Gasteiger partial charge >= 0.3 is 0 Å². The summed E-state index contributed by atoms with van der Waals surface area (Å²) in [5.41, 5.74) is 8.01. The van der Waals surface area contributed by atoms with E-state index in [2.05, 4.69) is 59.9 Å². The van der Waals surface area contributed by atoms with Crippen molar-refractivity contribution in [3.63, 3.8) is 0 Å². The van der Waals surface area contributed by atoms with Crippen LogP contribution < -0.4 is 11.1 Å². The van der Waals surface area contributed by atoms with Crippen molar-refractivity contribution in [2.24, 2.45) is 11.7 Å². The lowest BCUT2D eigenvalue weighted by atomic mass is 9.83. The third kappa shape index (κ3) is 2.29. The number of piperidine rings is 1. The zero-order valence-electron chi connectivity index (χ0n) is 12.8. The van der Waals surface area contributed by atoms with Gasteiger partial charge in [-0.1, -0.05) is 48.5 Å². The Morgan fingerprint density at radius 1 is 0.864 bits per heavy atom. The average molecular weight is 290 g/mol. The highest BCUT2D eigenvalue weighted by Crippen LogP contribution is 2.35. The second-order valence-electron chi connectivity index (χ2n) is 6.35. The van der Waals surface area contributed by atoms with E-state index < -0.39 is 0 Å². The Morgan fingerprint density at radius 3 is 2.27 bits per heavy atom. The summed E-state index contributed by atoms with van der Waals surface area (Å²) in [6, 6.07) is 19.7. The number of rotatable bonds is 2. The summed E-state index contributed by atoms with van der Waals surface area (Å²) in [6.45, 7) is 2.17. The van der Waals surface area contributed by atoms with Crippen molar-refractivity contribution >= 4 is 21.5 Å². The second-order valence-corrected chi connectivity index (χ2v) is 6.35. The monoisotopic (exact) mass is 290 g/mol. The first-order chi connectivity index (χ1) is 10.8. The van der Waals surface area contributed by atoms with E-state index in [1.54, 1.807) is 0 Å². The van der Waals surface area contributed by atoms with Gasteiger partial charge in [0.1, 0.15) is 0 Å². The van der Waals surface area contributed by atoms with Crippen LogP contribution in [0.15, 0.2) is 54.6 Å². The van der Waals surface area contributed by atoms with Crippen LogP contribution in [0.5, 0.6) is 0 Å². The lowest BCUT2D eigenvalue weighted by molar-refractivity contribution is 0.323. The van der Waals surface area contributed by atoms with Crippen molar-refractivity contribution in [3.8, 4) is 0 Å². The Kier molecular flexibility index (Phi) is 3.57. The molecule has 0 radical (unpaired) electrons. The minimum absolute atomic E-state index is 0.122. The molecule has 1 saturated heterocycles. The van der Waals surface area contributed by atoms with Gasteiger partial charge in [0.05, 0.1) is 0 Å². The van der Waals surface area contributed by atoms with Gasteiger partial charge < -0.3 is 11.1 Å². The summed E-state index contributed by atoms with van der Waals surface area (Å²) in [6.07, 6.45) is 2.34. The molecular weight excluding hydrogens is 268 g/mol. The molecule has 0 saturated carbocycles. The van der Waals surface area contributed by atoms with Gasteiger partial charge in [-0.05, 0) is 65.0 Å². The lowest BCUT2D eigenvalue weighted by Crippen LogP contribution is -2.33. The predicted molar refractivity (Wildman–Crippen MR) is 94.0 cm³/mol. The van der Waals surface area contributed by atoms with Crippen LogP contribution in [0.2, 0.25) is 0 Å². The Bertz CT molecular complexity index is 803. The van der Waals surface area contributed by atoms with Crippen molar-refractivity contribution in [3.05, 3.63) is 60.2 Å².